The van der Waals surface area contributed by atoms with E-state index in [4.69, 9.17) is 9.47 Å². The number of nitrogens with zero attached hydrogens (tertiary/aromatic N) is 1. The van der Waals surface area contributed by atoms with Crippen molar-refractivity contribution in [3.63, 3.8) is 0 Å². The van der Waals surface area contributed by atoms with Crippen LogP contribution in [0, 0.1) is 0 Å². The highest BCUT2D eigenvalue weighted by atomic mass is 16.6. The van der Waals surface area contributed by atoms with Crippen molar-refractivity contribution in [3.8, 4) is 0 Å². The maximum Gasteiger partial charge on any atom is 0.410 e. The number of hydrogen-bond acceptors (Lipinski definition) is 5. The van der Waals surface area contributed by atoms with Crippen LogP contribution in [0.1, 0.15) is 18.4 Å². The number of rotatable bonds is 5. The average Bonchev–Trinajstić information content (AvgIpc) is 2.59. The Morgan fingerprint density at radius 2 is 1.86 bits per heavy atom. The summed E-state index contributed by atoms with van der Waals surface area (Å²) in [5.41, 5.74) is 0.965. The fraction of sp³-hybridized carbons (Fsp3) is 0.500. The zero-order valence-electron chi connectivity index (χ0n) is 12.7. The minimum Gasteiger partial charge on any atom is -0.467 e. The molecule has 1 aliphatic heterocycles. The topological polar surface area (TPSA) is 65.1 Å². The normalized spacial score (nSPS) is 15.4. The van der Waals surface area contributed by atoms with Gasteiger partial charge in [-0.3, -0.25) is 0 Å². The van der Waals surface area contributed by atoms with Crippen LogP contribution in [0.2, 0.25) is 0 Å². The van der Waals surface area contributed by atoms with Gasteiger partial charge in [0.25, 0.3) is 0 Å². The maximum atomic E-state index is 12.0. The Labute approximate surface area is 129 Å². The molecule has 0 aromatic heterocycles. The number of likely N-dealkylation sites (tertiary alicyclic amines) is 1. The molecule has 1 aliphatic rings. The Hall–Kier alpha value is -2.08. The third-order valence-corrected chi connectivity index (χ3v) is 3.57. The molecule has 1 aromatic rings. The van der Waals surface area contributed by atoms with Crippen LogP contribution < -0.4 is 0 Å². The molecular formula is C16H21NO5. The minimum atomic E-state index is -0.385. The molecule has 6 heteroatoms. The van der Waals surface area contributed by atoms with E-state index in [1.54, 1.807) is 4.90 Å². The van der Waals surface area contributed by atoms with Gasteiger partial charge in [-0.1, -0.05) is 30.3 Å². The highest BCUT2D eigenvalue weighted by molar-refractivity contribution is 5.70. The van der Waals surface area contributed by atoms with Crippen LogP contribution in [0.3, 0.4) is 0 Å². The van der Waals surface area contributed by atoms with E-state index < -0.39 is 0 Å². The number of methoxy groups -OCH3 is 1. The summed E-state index contributed by atoms with van der Waals surface area (Å²) in [4.78, 5) is 24.7. The van der Waals surface area contributed by atoms with Crippen molar-refractivity contribution in [1.82, 2.24) is 4.90 Å². The molecule has 0 N–H and O–H groups in total. The van der Waals surface area contributed by atoms with Gasteiger partial charge in [0.05, 0.1) is 13.2 Å². The van der Waals surface area contributed by atoms with Gasteiger partial charge in [0.2, 0.25) is 0 Å². The second-order valence-corrected chi connectivity index (χ2v) is 5.11. The molecule has 120 valence electrons. The smallest absolute Gasteiger partial charge is 0.410 e. The van der Waals surface area contributed by atoms with E-state index in [-0.39, 0.29) is 31.4 Å². The molecule has 2 rings (SSSR count). The van der Waals surface area contributed by atoms with E-state index in [1.807, 2.05) is 30.3 Å². The molecule has 1 aromatic carbocycles. The number of carbonyl (C=O) groups excluding carboxylic acids is 2. The van der Waals surface area contributed by atoms with Gasteiger partial charge in [0.15, 0.2) is 0 Å². The largest absolute Gasteiger partial charge is 0.467 e. The van der Waals surface area contributed by atoms with Crippen LogP contribution in [0.5, 0.6) is 0 Å². The predicted molar refractivity (Wildman–Crippen MR) is 79.2 cm³/mol. The SMILES string of the molecule is COC(=O)COC1CCN(C(=O)OCc2ccccc2)CC1. The fourth-order valence-electron chi connectivity index (χ4n) is 2.26. The van der Waals surface area contributed by atoms with Gasteiger partial charge in [-0.25, -0.2) is 9.59 Å². The first-order valence-corrected chi connectivity index (χ1v) is 7.33. The molecule has 0 radical (unpaired) electrons. The summed E-state index contributed by atoms with van der Waals surface area (Å²) < 4.78 is 15.3. The van der Waals surface area contributed by atoms with Crippen LogP contribution in [0.25, 0.3) is 0 Å². The van der Waals surface area contributed by atoms with Crippen molar-refractivity contribution in [1.29, 1.82) is 0 Å². The van der Waals surface area contributed by atoms with Gasteiger partial charge < -0.3 is 19.1 Å². The van der Waals surface area contributed by atoms with Gasteiger partial charge in [-0.05, 0) is 18.4 Å². The molecule has 6 nitrogen and oxygen atoms in total. The van der Waals surface area contributed by atoms with Crippen molar-refractivity contribution >= 4 is 12.1 Å². The lowest BCUT2D eigenvalue weighted by atomic mass is 10.1. The summed E-state index contributed by atoms with van der Waals surface area (Å²) in [6.07, 6.45) is 1.06. The molecule has 0 spiro atoms. The van der Waals surface area contributed by atoms with Crippen molar-refractivity contribution in [3.05, 3.63) is 35.9 Å². The second kappa shape index (κ2) is 8.38. The van der Waals surface area contributed by atoms with Gasteiger partial charge in [0.1, 0.15) is 13.2 Å². The number of piperidine rings is 1. The van der Waals surface area contributed by atoms with Gasteiger partial charge >= 0.3 is 12.1 Å². The molecule has 0 atom stereocenters. The van der Waals surface area contributed by atoms with Crippen LogP contribution in [0.15, 0.2) is 30.3 Å². The van der Waals surface area contributed by atoms with Crippen LogP contribution >= 0.6 is 0 Å². The van der Waals surface area contributed by atoms with Gasteiger partial charge in [-0.15, -0.1) is 0 Å². The Morgan fingerprint density at radius 3 is 2.50 bits per heavy atom. The lowest BCUT2D eigenvalue weighted by Gasteiger charge is -2.31. The highest BCUT2D eigenvalue weighted by Crippen LogP contribution is 2.15. The van der Waals surface area contributed by atoms with Crippen molar-refractivity contribution < 1.29 is 23.8 Å². The fourth-order valence-corrected chi connectivity index (χ4v) is 2.26. The molecule has 0 aliphatic carbocycles. The Morgan fingerprint density at radius 1 is 1.18 bits per heavy atom. The molecule has 0 bridgehead atoms. The number of benzene rings is 1. The Bertz CT molecular complexity index is 483. The van der Waals surface area contributed by atoms with Crippen LogP contribution in [-0.2, 0) is 25.6 Å². The summed E-state index contributed by atoms with van der Waals surface area (Å²) in [5, 5.41) is 0. The molecule has 22 heavy (non-hydrogen) atoms. The van der Waals surface area contributed by atoms with E-state index in [0.29, 0.717) is 25.9 Å². The molecule has 1 saturated heterocycles. The first-order chi connectivity index (χ1) is 10.7. The van der Waals surface area contributed by atoms with Gasteiger partial charge in [0, 0.05) is 13.1 Å². The van der Waals surface area contributed by atoms with E-state index in [0.717, 1.165) is 5.56 Å². The van der Waals surface area contributed by atoms with Crippen molar-refractivity contribution in [2.24, 2.45) is 0 Å². The molecule has 0 unspecified atom stereocenters. The van der Waals surface area contributed by atoms with Crippen molar-refractivity contribution in [2.75, 3.05) is 26.8 Å². The Balaban J connectivity index is 1.67. The predicted octanol–water partition coefficient (Wildman–Crippen LogP) is 1.98. The lowest BCUT2D eigenvalue weighted by Crippen LogP contribution is -2.41. The average molecular weight is 307 g/mol. The van der Waals surface area contributed by atoms with E-state index in [9.17, 15) is 9.59 Å². The van der Waals surface area contributed by atoms with E-state index in [1.165, 1.54) is 7.11 Å². The third-order valence-electron chi connectivity index (χ3n) is 3.57. The monoisotopic (exact) mass is 307 g/mol. The maximum absolute atomic E-state index is 12.0. The molecule has 0 saturated carbocycles. The number of esters is 1. The van der Waals surface area contributed by atoms with Crippen molar-refractivity contribution in [2.45, 2.75) is 25.6 Å². The summed E-state index contributed by atoms with van der Waals surface area (Å²) in [6.45, 7) is 1.37. The second-order valence-electron chi connectivity index (χ2n) is 5.11. The van der Waals surface area contributed by atoms with E-state index in [2.05, 4.69) is 4.74 Å². The first kappa shape index (κ1) is 16.3. The highest BCUT2D eigenvalue weighted by Gasteiger charge is 2.24. The number of carbonyl (C=O) groups is 2. The van der Waals surface area contributed by atoms with Crippen LogP contribution in [0.4, 0.5) is 4.79 Å². The minimum absolute atomic E-state index is 0.0164. The summed E-state index contributed by atoms with van der Waals surface area (Å²) >= 11 is 0. The summed E-state index contributed by atoms with van der Waals surface area (Å²) in [6, 6.07) is 9.57. The molecular weight excluding hydrogens is 286 g/mol. The molecule has 1 fully saturated rings. The first-order valence-electron chi connectivity index (χ1n) is 7.33. The van der Waals surface area contributed by atoms with E-state index >= 15 is 0 Å². The number of amides is 1. The number of ether oxygens (including phenoxy) is 3. The van der Waals surface area contributed by atoms with Gasteiger partial charge in [-0.2, -0.15) is 0 Å². The summed E-state index contributed by atoms with van der Waals surface area (Å²) in [7, 11) is 1.33. The molecule has 1 amide bonds. The summed E-state index contributed by atoms with van der Waals surface area (Å²) in [5.74, 6) is -0.385. The zero-order valence-corrected chi connectivity index (χ0v) is 12.7. The standard InChI is InChI=1S/C16H21NO5/c1-20-15(18)12-21-14-7-9-17(10-8-14)16(19)22-11-13-5-3-2-4-6-13/h2-6,14H,7-12H2,1H3. The van der Waals surface area contributed by atoms with Crippen LogP contribution in [-0.4, -0.2) is 49.9 Å². The zero-order chi connectivity index (χ0) is 15.8. The third kappa shape index (κ3) is 5.04. The molecule has 1 heterocycles. The Kier molecular flexibility index (Phi) is 6.21. The number of hydrogen-bond donors (Lipinski definition) is 0. The lowest BCUT2D eigenvalue weighted by molar-refractivity contribution is -0.148. The quantitative estimate of drug-likeness (QED) is 0.778.